The average Bonchev–Trinajstić information content (AvgIpc) is 2.56. The van der Waals surface area contributed by atoms with Crippen LogP contribution in [0.2, 0.25) is 0 Å². The molecule has 0 aliphatic carbocycles. The van der Waals surface area contributed by atoms with Crippen LogP contribution in [0.3, 0.4) is 0 Å². The summed E-state index contributed by atoms with van der Waals surface area (Å²) in [6, 6.07) is 15.0. The molecule has 0 bridgehead atoms. The molecule has 0 radical (unpaired) electrons. The van der Waals surface area contributed by atoms with Crippen molar-refractivity contribution in [3.05, 3.63) is 64.1 Å². The maximum absolute atomic E-state index is 11.4. The van der Waals surface area contributed by atoms with Crippen LogP contribution < -0.4 is 4.74 Å². The molecule has 5 heteroatoms. The molecule has 0 unspecified atom stereocenters. The quantitative estimate of drug-likeness (QED) is 0.553. The lowest BCUT2D eigenvalue weighted by Crippen LogP contribution is -2.07. The number of halogens is 1. The lowest BCUT2D eigenvalue weighted by atomic mass is 10.2. The fourth-order valence-corrected chi connectivity index (χ4v) is 2.33. The summed E-state index contributed by atoms with van der Waals surface area (Å²) in [6.45, 7) is 1.48. The lowest BCUT2D eigenvalue weighted by Gasteiger charge is -2.10. The minimum Gasteiger partial charge on any atom is -0.490 e. The van der Waals surface area contributed by atoms with Crippen LogP contribution in [-0.2, 0) is 16.1 Å². The van der Waals surface area contributed by atoms with Crippen molar-refractivity contribution < 1.29 is 19.0 Å². The fraction of sp³-hybridized carbons (Fsp3) is 0.235. The molecule has 4 nitrogen and oxygen atoms in total. The molecule has 0 N–H and O–H groups in total. The van der Waals surface area contributed by atoms with Crippen LogP contribution in [0.5, 0.6) is 5.75 Å². The van der Waals surface area contributed by atoms with Crippen molar-refractivity contribution in [2.45, 2.75) is 6.61 Å². The van der Waals surface area contributed by atoms with Gasteiger partial charge >= 0.3 is 5.97 Å². The third-order valence-corrected chi connectivity index (χ3v) is 3.57. The van der Waals surface area contributed by atoms with Crippen LogP contribution in [0.15, 0.2) is 53.0 Å². The second-order valence-corrected chi connectivity index (χ2v) is 5.38. The zero-order valence-electron chi connectivity index (χ0n) is 12.3. The number of ether oxygens (including phenoxy) is 3. The molecule has 0 fully saturated rings. The fourth-order valence-electron chi connectivity index (χ4n) is 1.84. The largest absolute Gasteiger partial charge is 0.490 e. The van der Waals surface area contributed by atoms with Crippen molar-refractivity contribution >= 4 is 21.9 Å². The highest BCUT2D eigenvalue weighted by molar-refractivity contribution is 9.10. The van der Waals surface area contributed by atoms with E-state index in [0.29, 0.717) is 35.6 Å². The Kier molecular flexibility index (Phi) is 6.43. The summed E-state index contributed by atoms with van der Waals surface area (Å²) in [6.07, 6.45) is 0. The molecule has 0 aromatic heterocycles. The SMILES string of the molecule is COC(=O)c1ccc(OCCOCc2ccccc2)c(Br)c1. The predicted octanol–water partition coefficient (Wildman–Crippen LogP) is 3.83. The molecule has 0 atom stereocenters. The Morgan fingerprint density at radius 3 is 2.55 bits per heavy atom. The van der Waals surface area contributed by atoms with E-state index in [0.717, 1.165) is 5.56 Å². The predicted molar refractivity (Wildman–Crippen MR) is 87.1 cm³/mol. The Labute approximate surface area is 138 Å². The Hall–Kier alpha value is -1.85. The van der Waals surface area contributed by atoms with E-state index in [2.05, 4.69) is 20.7 Å². The molecular formula is C17H17BrO4. The molecule has 2 rings (SSSR count). The number of benzene rings is 2. The average molecular weight is 365 g/mol. The Morgan fingerprint density at radius 1 is 1.09 bits per heavy atom. The van der Waals surface area contributed by atoms with Crippen LogP contribution in [0.25, 0.3) is 0 Å². The van der Waals surface area contributed by atoms with E-state index in [1.54, 1.807) is 18.2 Å². The van der Waals surface area contributed by atoms with Crippen molar-refractivity contribution in [1.29, 1.82) is 0 Å². The summed E-state index contributed by atoms with van der Waals surface area (Å²) < 4.78 is 16.5. The minimum absolute atomic E-state index is 0.376. The van der Waals surface area contributed by atoms with E-state index in [-0.39, 0.29) is 5.97 Å². The number of rotatable bonds is 7. The monoisotopic (exact) mass is 364 g/mol. The van der Waals surface area contributed by atoms with Crippen molar-refractivity contribution in [3.8, 4) is 5.75 Å². The molecule has 0 saturated heterocycles. The van der Waals surface area contributed by atoms with Gasteiger partial charge < -0.3 is 14.2 Å². The van der Waals surface area contributed by atoms with Gasteiger partial charge in [0, 0.05) is 0 Å². The maximum atomic E-state index is 11.4. The Balaban J connectivity index is 1.76. The molecule has 0 aliphatic rings. The molecule has 0 spiro atoms. The lowest BCUT2D eigenvalue weighted by molar-refractivity contribution is 0.0600. The number of hydrogen-bond acceptors (Lipinski definition) is 4. The first-order valence-corrected chi connectivity index (χ1v) is 7.62. The molecule has 22 heavy (non-hydrogen) atoms. The van der Waals surface area contributed by atoms with Gasteiger partial charge in [-0.1, -0.05) is 30.3 Å². The zero-order chi connectivity index (χ0) is 15.8. The first-order valence-electron chi connectivity index (χ1n) is 6.83. The van der Waals surface area contributed by atoms with Crippen LogP contribution in [0.4, 0.5) is 0 Å². The zero-order valence-corrected chi connectivity index (χ0v) is 13.8. The van der Waals surface area contributed by atoms with Crippen molar-refractivity contribution in [2.24, 2.45) is 0 Å². The van der Waals surface area contributed by atoms with Gasteiger partial charge in [0.15, 0.2) is 0 Å². The summed E-state index contributed by atoms with van der Waals surface area (Å²) in [7, 11) is 1.35. The van der Waals surface area contributed by atoms with E-state index < -0.39 is 0 Å². The smallest absolute Gasteiger partial charge is 0.337 e. The highest BCUT2D eigenvalue weighted by atomic mass is 79.9. The summed E-state index contributed by atoms with van der Waals surface area (Å²) in [5, 5.41) is 0. The first kappa shape index (κ1) is 16.5. The molecule has 0 aliphatic heterocycles. The highest BCUT2D eigenvalue weighted by Gasteiger charge is 2.09. The molecule has 2 aromatic carbocycles. The van der Waals surface area contributed by atoms with E-state index in [9.17, 15) is 4.79 Å². The van der Waals surface area contributed by atoms with Gasteiger partial charge in [0.2, 0.25) is 0 Å². The summed E-state index contributed by atoms with van der Waals surface area (Å²) in [4.78, 5) is 11.4. The van der Waals surface area contributed by atoms with E-state index >= 15 is 0 Å². The Bertz CT molecular complexity index is 613. The number of esters is 1. The van der Waals surface area contributed by atoms with Gasteiger partial charge in [-0.15, -0.1) is 0 Å². The number of methoxy groups -OCH3 is 1. The first-order chi connectivity index (χ1) is 10.7. The van der Waals surface area contributed by atoms with E-state index in [4.69, 9.17) is 9.47 Å². The van der Waals surface area contributed by atoms with Gasteiger partial charge in [0.05, 0.1) is 30.4 Å². The summed E-state index contributed by atoms with van der Waals surface area (Å²) >= 11 is 3.38. The minimum atomic E-state index is -0.376. The molecule has 116 valence electrons. The molecule has 2 aromatic rings. The molecule has 0 saturated carbocycles. The van der Waals surface area contributed by atoms with Gasteiger partial charge in [0.25, 0.3) is 0 Å². The molecule has 0 heterocycles. The topological polar surface area (TPSA) is 44.8 Å². The normalized spacial score (nSPS) is 10.3. The molecule has 0 amide bonds. The van der Waals surface area contributed by atoms with E-state index in [1.807, 2.05) is 30.3 Å². The van der Waals surface area contributed by atoms with E-state index in [1.165, 1.54) is 7.11 Å². The van der Waals surface area contributed by atoms with Gasteiger partial charge in [-0.05, 0) is 39.7 Å². The van der Waals surface area contributed by atoms with Crippen LogP contribution in [0, 0.1) is 0 Å². The maximum Gasteiger partial charge on any atom is 0.337 e. The van der Waals surface area contributed by atoms with Crippen LogP contribution in [0.1, 0.15) is 15.9 Å². The van der Waals surface area contributed by atoms with Gasteiger partial charge in [-0.2, -0.15) is 0 Å². The Morgan fingerprint density at radius 2 is 1.86 bits per heavy atom. The summed E-state index contributed by atoms with van der Waals surface area (Å²) in [5.74, 6) is 0.286. The van der Waals surface area contributed by atoms with Gasteiger partial charge in [-0.3, -0.25) is 0 Å². The second kappa shape index (κ2) is 8.56. The molecular weight excluding hydrogens is 348 g/mol. The third kappa shape index (κ3) is 4.86. The number of carbonyl (C=O) groups excluding carboxylic acids is 1. The van der Waals surface area contributed by atoms with Crippen molar-refractivity contribution in [2.75, 3.05) is 20.3 Å². The standard InChI is InChI=1S/C17H17BrO4/c1-20-17(19)14-7-8-16(15(18)11-14)22-10-9-21-12-13-5-3-2-4-6-13/h2-8,11H,9-10,12H2,1H3. The summed E-state index contributed by atoms with van der Waals surface area (Å²) in [5.41, 5.74) is 1.60. The van der Waals surface area contributed by atoms with Gasteiger partial charge in [0.1, 0.15) is 12.4 Å². The highest BCUT2D eigenvalue weighted by Crippen LogP contribution is 2.26. The van der Waals surface area contributed by atoms with Crippen LogP contribution in [-0.4, -0.2) is 26.3 Å². The van der Waals surface area contributed by atoms with Crippen LogP contribution >= 0.6 is 15.9 Å². The van der Waals surface area contributed by atoms with Crippen molar-refractivity contribution in [1.82, 2.24) is 0 Å². The van der Waals surface area contributed by atoms with Gasteiger partial charge in [-0.25, -0.2) is 4.79 Å². The number of hydrogen-bond donors (Lipinski definition) is 0. The third-order valence-electron chi connectivity index (χ3n) is 2.95. The van der Waals surface area contributed by atoms with Crippen molar-refractivity contribution in [3.63, 3.8) is 0 Å². The number of carbonyl (C=O) groups is 1. The second-order valence-electron chi connectivity index (χ2n) is 4.52.